The molecule has 0 bridgehead atoms. The number of carbonyl (C=O) groups excluding carboxylic acids is 14. The number of nitrogens with zero attached hydrogens (tertiary/aromatic N) is 3. The summed E-state index contributed by atoms with van der Waals surface area (Å²) in [6.45, 7) is 31.6. The molecular formula is C92H120BrClLiN6O25-. The molecule has 8 rings (SSSR count). The Bertz CT molecular complexity index is 4170. The van der Waals surface area contributed by atoms with Crippen molar-refractivity contribution < 1.29 is 152 Å². The zero-order chi connectivity index (χ0) is 92.9. The van der Waals surface area contributed by atoms with Crippen LogP contribution in [0.4, 0.5) is 0 Å². The second-order valence-electron chi connectivity index (χ2n) is 28.2. The van der Waals surface area contributed by atoms with Gasteiger partial charge in [-0.25, -0.2) is 4.79 Å². The molecule has 4 aliphatic rings. The van der Waals surface area contributed by atoms with E-state index in [1.807, 2.05) is 6.92 Å². The van der Waals surface area contributed by atoms with Crippen LogP contribution < -0.4 is 53.2 Å². The number of nitrogens with two attached hydrogens (primary N) is 2. The fraction of sp³-hybridized carbons (Fsp3) is 0.457. The van der Waals surface area contributed by atoms with E-state index in [0.717, 1.165) is 42.3 Å². The third-order valence-electron chi connectivity index (χ3n) is 19.3. The Kier molecular flexibility index (Phi) is 58.3. The summed E-state index contributed by atoms with van der Waals surface area (Å²) in [6.07, 6.45) is 16.7. The fourth-order valence-corrected chi connectivity index (χ4v) is 13.3. The number of aromatic carboxylic acids is 1. The van der Waals surface area contributed by atoms with Gasteiger partial charge in [0.25, 0.3) is 41.4 Å². The molecule has 0 aromatic heterocycles. The summed E-state index contributed by atoms with van der Waals surface area (Å²) in [4.78, 5) is 192. The number of imide groups is 3. The summed E-state index contributed by atoms with van der Waals surface area (Å²) < 4.78 is 29.7. The maximum absolute atomic E-state index is 12.6. The molecule has 1 fully saturated rings. The minimum atomic E-state index is -1.54. The zero-order valence-electron chi connectivity index (χ0n) is 73.2. The number of benzene rings is 4. The minimum Gasteiger partial charge on any atom is -1.00 e. The van der Waals surface area contributed by atoms with Crippen LogP contribution in [0.25, 0.3) is 0 Å². The number of carboxylic acids is 3. The number of esters is 6. The van der Waals surface area contributed by atoms with Gasteiger partial charge in [-0.3, -0.25) is 81.8 Å². The first-order valence-electron chi connectivity index (χ1n) is 41.3. The first-order chi connectivity index (χ1) is 59.4. The third kappa shape index (κ3) is 36.9. The Balaban J connectivity index is 0.00000148. The Hall–Kier alpha value is -11.0. The first kappa shape index (κ1) is 115. The molecule has 0 spiro atoms. The topological polar surface area (TPSA) is 466 Å². The number of halogens is 2. The number of hydrogen-bond donors (Lipinski definition) is 5. The molecule has 7 amide bonds. The number of carboxylic acid groups (broad SMARTS) is 3. The summed E-state index contributed by atoms with van der Waals surface area (Å²) in [6, 6.07) is 26.3. The number of allylic oxidation sites excluding steroid dienone is 5. The summed E-state index contributed by atoms with van der Waals surface area (Å²) in [5.74, 6) is -9.84. The van der Waals surface area contributed by atoms with Crippen molar-refractivity contribution in [1.29, 1.82) is 0 Å². The third-order valence-corrected chi connectivity index (χ3v) is 19.9. The number of ether oxygens (including phenoxy) is 6. The van der Waals surface area contributed by atoms with Gasteiger partial charge in [0.05, 0.1) is 101 Å². The van der Waals surface area contributed by atoms with Gasteiger partial charge >= 0.3 is 66.6 Å². The quantitative estimate of drug-likeness (QED) is 0.00535. The number of amides is 7. The predicted octanol–water partition coefficient (Wildman–Crippen LogP) is 5.47. The Morgan fingerprint density at radius 3 is 1.25 bits per heavy atom. The van der Waals surface area contributed by atoms with Gasteiger partial charge in [-0.2, -0.15) is 0 Å². The van der Waals surface area contributed by atoms with Gasteiger partial charge in [-0.15, -0.1) is 32.9 Å². The van der Waals surface area contributed by atoms with Crippen LogP contribution in [0.1, 0.15) is 234 Å². The van der Waals surface area contributed by atoms with Crippen molar-refractivity contribution in [2.75, 3.05) is 77.6 Å². The van der Waals surface area contributed by atoms with Crippen molar-refractivity contribution in [3.05, 3.63) is 205 Å². The molecule has 31 nitrogen and oxygen atoms in total. The second-order valence-corrected chi connectivity index (χ2v) is 29.0. The van der Waals surface area contributed by atoms with Gasteiger partial charge in [-0.1, -0.05) is 94.8 Å². The molecule has 7 N–H and O–H groups in total. The van der Waals surface area contributed by atoms with Crippen molar-refractivity contribution >= 4 is 111 Å². The number of nitrogens with one attached hydrogen (secondary N) is 1. The molecule has 5 unspecified atom stereocenters. The van der Waals surface area contributed by atoms with E-state index in [-0.39, 0.29) is 173 Å². The molecule has 0 saturated carbocycles. The van der Waals surface area contributed by atoms with Crippen LogP contribution in [-0.4, -0.2) is 204 Å². The first-order valence-corrected chi connectivity index (χ1v) is 42.4. The van der Waals surface area contributed by atoms with E-state index in [4.69, 9.17) is 50.1 Å². The van der Waals surface area contributed by atoms with Gasteiger partial charge in [0, 0.05) is 43.4 Å². The maximum Gasteiger partial charge on any atom is 1.00 e. The van der Waals surface area contributed by atoms with Crippen LogP contribution in [0.15, 0.2) is 160 Å². The van der Waals surface area contributed by atoms with E-state index in [1.165, 1.54) is 34.1 Å². The van der Waals surface area contributed by atoms with E-state index in [1.54, 1.807) is 138 Å². The maximum atomic E-state index is 12.6. The number of hydrogen-bond acceptors (Lipinski definition) is 25. The molecule has 34 heteroatoms. The SMILES string of the molecule is C=CCC(C(=O)OCC)C(=O)OCC.C=CCC(CCCN)C(=O)[O-].C=CCC(CCCN1C(=O)c2ccccc2C1=O)(C(=O)OCC)C(=O)OCC.C=CCC(CCCN1C(=O)c2ccccc2C1=O)C(=O)OCC.C=CCC(CCCNC(=O)c1ccccc1C(=O)O)C(=O)O.CC1CC(CCCN)C(=O)O1.O=C1c2ccccc2C(=O)N1CCCBr.[Cl-].[Li+]. The summed E-state index contributed by atoms with van der Waals surface area (Å²) in [7, 11) is 0. The van der Waals surface area contributed by atoms with E-state index < -0.39 is 70.9 Å². The van der Waals surface area contributed by atoms with Crippen LogP contribution in [0.5, 0.6) is 0 Å². The molecule has 4 aromatic rings. The normalized spacial score (nSPS) is 14.2. The standard InChI is InChI=1S/C21H25NO6.C18H21NO4.C16H19NO5.C11H10BrNO2.C10H16O4.2C8H15NO2.ClH.Li/c1-4-12-21(19(25)27-5-2,20(26)28-6-3)13-9-14-22-17(23)15-10-7-8-11-16(15)18(22)24;1-3-8-13(18(22)23-4-2)9-7-12-19-16(20)14-10-5-6-11-15(14)17(19)21;1-2-6-11(15(19)20)7-5-10-17-14(18)12-8-3-4-9-13(12)16(21)22;12-6-3-7-13-10(14)8-4-1-2-5-9(8)11(13)15;1-4-7-8(9(11)13-5-2)10(12)14-6-3;1-6-5-7(3-2-4-9)8(10)11-6;1-2-4-7(8(10)11)5-3-6-9;;/h4,7-8,10-11H,1,5-6,9,12-14H2,2-3H3;3,5-6,10-11,13H,1,4,7-9,12H2,2H3;2-4,8-9,11H,1,5-7,10H2,(H,17,18)(H,19,20)(H,21,22);1-2,4-5H,3,6-7H2;4,8H,1,5-7H2,2-3H3;6-7H,2-5,9H2,1H3;2,7H,1,3-6,9H2,(H,10,11);1H;/q;;;;;;;;+1/p-2. The van der Waals surface area contributed by atoms with Gasteiger partial charge in [-0.05, 0) is 212 Å². The van der Waals surface area contributed by atoms with E-state index in [2.05, 4.69) is 54.1 Å². The Morgan fingerprint density at radius 1 is 0.516 bits per heavy atom. The molecular weight excluding hydrogens is 1710 g/mol. The monoisotopic (exact) mass is 1830 g/mol. The molecule has 4 aromatic carbocycles. The van der Waals surface area contributed by atoms with Crippen LogP contribution in [0, 0.1) is 35.0 Å². The summed E-state index contributed by atoms with van der Waals surface area (Å²) >= 11 is 3.28. The molecule has 0 radical (unpaired) electrons. The molecule has 4 heterocycles. The van der Waals surface area contributed by atoms with Crippen molar-refractivity contribution in [1.82, 2.24) is 20.0 Å². The van der Waals surface area contributed by atoms with Crippen LogP contribution in [0.2, 0.25) is 0 Å². The molecule has 5 atom stereocenters. The second kappa shape index (κ2) is 63.8. The van der Waals surface area contributed by atoms with Crippen LogP contribution in [-0.2, 0) is 66.8 Å². The van der Waals surface area contributed by atoms with Crippen molar-refractivity contribution in [3.8, 4) is 0 Å². The number of carbonyl (C=O) groups is 16. The number of alkyl halides is 1. The average Bonchev–Trinajstić information content (AvgIpc) is 1.69. The Labute approximate surface area is 763 Å². The zero-order valence-corrected chi connectivity index (χ0v) is 75.5. The molecule has 1 saturated heterocycles. The van der Waals surface area contributed by atoms with Crippen LogP contribution >= 0.6 is 15.9 Å². The smallest absolute Gasteiger partial charge is 1.00 e. The van der Waals surface area contributed by atoms with E-state index >= 15 is 0 Å². The van der Waals surface area contributed by atoms with E-state index in [0.29, 0.717) is 118 Å². The number of aliphatic carboxylic acids is 2. The van der Waals surface area contributed by atoms with Gasteiger partial charge in [0.1, 0.15) is 0 Å². The molecule has 0 aliphatic carbocycles. The van der Waals surface area contributed by atoms with Crippen molar-refractivity contribution in [2.45, 2.75) is 157 Å². The number of cyclic esters (lactones) is 1. The molecule has 126 heavy (non-hydrogen) atoms. The predicted molar refractivity (Wildman–Crippen MR) is 464 cm³/mol. The minimum absolute atomic E-state index is 0. The largest absolute Gasteiger partial charge is 1.00 e. The van der Waals surface area contributed by atoms with Crippen molar-refractivity contribution in [3.63, 3.8) is 0 Å². The summed E-state index contributed by atoms with van der Waals surface area (Å²) in [5, 5.41) is 31.8. The van der Waals surface area contributed by atoms with Crippen molar-refractivity contribution in [2.24, 2.45) is 46.5 Å². The molecule has 4 aliphatic heterocycles. The fourth-order valence-electron chi connectivity index (χ4n) is 13.0. The van der Waals surface area contributed by atoms with Crippen LogP contribution in [0.3, 0.4) is 0 Å². The number of rotatable bonds is 45. The number of fused-ring (bicyclic) bond motifs is 3. The average molecular weight is 1830 g/mol. The Morgan fingerprint density at radius 2 is 0.889 bits per heavy atom. The molecule has 684 valence electrons. The van der Waals surface area contributed by atoms with Gasteiger partial charge < -0.3 is 77.7 Å². The van der Waals surface area contributed by atoms with E-state index in [9.17, 15) is 81.8 Å². The van der Waals surface area contributed by atoms with Gasteiger partial charge in [0.15, 0.2) is 11.3 Å². The summed E-state index contributed by atoms with van der Waals surface area (Å²) in [5.41, 5.74) is 11.7. The van der Waals surface area contributed by atoms with Gasteiger partial charge in [0.2, 0.25) is 0 Å².